The second-order valence-corrected chi connectivity index (χ2v) is 6.20. The summed E-state index contributed by atoms with van der Waals surface area (Å²) in [5, 5.41) is 9.00. The van der Waals surface area contributed by atoms with Gasteiger partial charge in [-0.3, -0.25) is 9.58 Å². The molecule has 0 spiro atoms. The van der Waals surface area contributed by atoms with Crippen molar-refractivity contribution in [3.8, 4) is 0 Å². The Labute approximate surface area is 120 Å². The predicted molar refractivity (Wildman–Crippen MR) is 77.4 cm³/mol. The Morgan fingerprint density at radius 3 is 3.00 bits per heavy atom. The van der Waals surface area contributed by atoms with Crippen molar-refractivity contribution >= 4 is 11.6 Å². The van der Waals surface area contributed by atoms with Gasteiger partial charge in [0, 0.05) is 32.2 Å². The molecule has 2 aliphatic rings. The number of rotatable bonds is 3. The van der Waals surface area contributed by atoms with Gasteiger partial charge in [-0.2, -0.15) is 5.10 Å². The van der Waals surface area contributed by atoms with E-state index in [1.807, 2.05) is 11.6 Å². The molecule has 3 heterocycles. The van der Waals surface area contributed by atoms with Gasteiger partial charge in [0.2, 0.25) is 0 Å². The fourth-order valence-electron chi connectivity index (χ4n) is 3.50. The lowest BCUT2D eigenvalue weighted by Crippen LogP contribution is -2.40. The van der Waals surface area contributed by atoms with Crippen molar-refractivity contribution in [3.63, 3.8) is 0 Å². The van der Waals surface area contributed by atoms with Crippen LogP contribution in [-0.2, 0) is 13.1 Å². The third kappa shape index (κ3) is 2.54. The first kappa shape index (κ1) is 13.4. The van der Waals surface area contributed by atoms with Gasteiger partial charge in [0.15, 0.2) is 0 Å². The largest absolute Gasteiger partial charge is 0.312 e. The average Bonchev–Trinajstić information content (AvgIpc) is 2.94. The molecule has 4 nitrogen and oxygen atoms in total. The van der Waals surface area contributed by atoms with E-state index in [1.165, 1.54) is 31.6 Å². The van der Waals surface area contributed by atoms with E-state index in [1.54, 1.807) is 0 Å². The minimum absolute atomic E-state index is 0.687. The molecule has 0 saturated carbocycles. The minimum atomic E-state index is 0.687. The first-order valence-electron chi connectivity index (χ1n) is 7.36. The molecule has 2 aliphatic heterocycles. The number of piperidine rings is 1. The monoisotopic (exact) mass is 282 g/mol. The van der Waals surface area contributed by atoms with Crippen LogP contribution in [0.5, 0.6) is 0 Å². The predicted octanol–water partition coefficient (Wildman–Crippen LogP) is 2.05. The Balaban J connectivity index is 1.72. The molecule has 1 aromatic heterocycles. The molecule has 2 atom stereocenters. The number of nitrogens with zero attached hydrogens (tertiary/aromatic N) is 3. The lowest BCUT2D eigenvalue weighted by Gasteiger charge is -2.24. The summed E-state index contributed by atoms with van der Waals surface area (Å²) in [5.74, 6) is 0.826. The van der Waals surface area contributed by atoms with Gasteiger partial charge in [0.25, 0.3) is 0 Å². The third-order valence-electron chi connectivity index (χ3n) is 4.50. The molecule has 19 heavy (non-hydrogen) atoms. The summed E-state index contributed by atoms with van der Waals surface area (Å²) in [6.07, 6.45) is 2.69. The van der Waals surface area contributed by atoms with Crippen molar-refractivity contribution in [1.29, 1.82) is 0 Å². The SMILES string of the molecule is CCn1nc(C)c(Cl)c1CN1C[C@@H]2CCCN[C@@H]2C1. The molecule has 0 bridgehead atoms. The zero-order valence-electron chi connectivity index (χ0n) is 11.8. The van der Waals surface area contributed by atoms with E-state index in [0.717, 1.165) is 36.3 Å². The summed E-state index contributed by atoms with van der Waals surface area (Å²) in [4.78, 5) is 2.53. The summed E-state index contributed by atoms with van der Waals surface area (Å²) >= 11 is 6.40. The fraction of sp³-hybridized carbons (Fsp3) is 0.786. The highest BCUT2D eigenvalue weighted by Crippen LogP contribution is 2.28. The molecule has 0 unspecified atom stereocenters. The molecule has 2 saturated heterocycles. The van der Waals surface area contributed by atoms with Crippen LogP contribution >= 0.6 is 11.6 Å². The molecule has 1 aromatic rings. The van der Waals surface area contributed by atoms with Crippen LogP contribution in [0, 0.1) is 12.8 Å². The molecular weight excluding hydrogens is 260 g/mol. The van der Waals surface area contributed by atoms with E-state index in [4.69, 9.17) is 11.6 Å². The van der Waals surface area contributed by atoms with Crippen molar-refractivity contribution in [2.24, 2.45) is 5.92 Å². The molecule has 1 N–H and O–H groups in total. The summed E-state index contributed by atoms with van der Waals surface area (Å²) in [7, 11) is 0. The van der Waals surface area contributed by atoms with E-state index >= 15 is 0 Å². The number of fused-ring (bicyclic) bond motifs is 1. The number of aryl methyl sites for hydroxylation is 2. The molecule has 0 aliphatic carbocycles. The van der Waals surface area contributed by atoms with Crippen LogP contribution < -0.4 is 5.32 Å². The molecule has 0 aromatic carbocycles. The molecule has 106 valence electrons. The highest BCUT2D eigenvalue weighted by molar-refractivity contribution is 6.31. The van der Waals surface area contributed by atoms with Crippen LogP contribution in [0.3, 0.4) is 0 Å². The van der Waals surface area contributed by atoms with Gasteiger partial charge < -0.3 is 5.32 Å². The summed E-state index contributed by atoms with van der Waals surface area (Å²) < 4.78 is 2.05. The second kappa shape index (κ2) is 5.43. The summed E-state index contributed by atoms with van der Waals surface area (Å²) in [5.41, 5.74) is 2.13. The minimum Gasteiger partial charge on any atom is -0.312 e. The lowest BCUT2D eigenvalue weighted by molar-refractivity contribution is 0.302. The normalized spacial score (nSPS) is 27.7. The first-order chi connectivity index (χ1) is 9.19. The topological polar surface area (TPSA) is 33.1 Å². The van der Waals surface area contributed by atoms with Crippen LogP contribution in [0.15, 0.2) is 0 Å². The Kier molecular flexibility index (Phi) is 3.83. The van der Waals surface area contributed by atoms with Crippen molar-refractivity contribution in [2.75, 3.05) is 19.6 Å². The number of hydrogen-bond donors (Lipinski definition) is 1. The van der Waals surface area contributed by atoms with E-state index in [9.17, 15) is 0 Å². The molecule has 2 fully saturated rings. The fourth-order valence-corrected chi connectivity index (χ4v) is 3.69. The standard InChI is InChI=1S/C14H23ClN4/c1-3-19-13(14(15)10(2)17-19)9-18-7-11-5-4-6-16-12(11)8-18/h11-12,16H,3-9H2,1-2H3/t11-,12+/m0/s1. The number of nitrogens with one attached hydrogen (secondary N) is 1. The van der Waals surface area contributed by atoms with Crippen molar-refractivity contribution in [1.82, 2.24) is 20.0 Å². The van der Waals surface area contributed by atoms with E-state index in [0.29, 0.717) is 6.04 Å². The van der Waals surface area contributed by atoms with Gasteiger partial charge in [-0.25, -0.2) is 0 Å². The maximum absolute atomic E-state index is 6.40. The molecule has 5 heteroatoms. The highest BCUT2D eigenvalue weighted by atomic mass is 35.5. The average molecular weight is 283 g/mol. The Bertz CT molecular complexity index is 443. The number of hydrogen-bond acceptors (Lipinski definition) is 3. The van der Waals surface area contributed by atoms with Crippen molar-refractivity contribution < 1.29 is 0 Å². The smallest absolute Gasteiger partial charge is 0.0860 e. The number of halogens is 1. The Morgan fingerprint density at radius 1 is 1.42 bits per heavy atom. The zero-order valence-corrected chi connectivity index (χ0v) is 12.6. The third-order valence-corrected chi connectivity index (χ3v) is 4.99. The summed E-state index contributed by atoms with van der Waals surface area (Å²) in [6, 6.07) is 0.687. The molecular formula is C14H23ClN4. The van der Waals surface area contributed by atoms with Crippen LogP contribution in [-0.4, -0.2) is 40.4 Å². The maximum atomic E-state index is 6.40. The first-order valence-corrected chi connectivity index (χ1v) is 7.74. The van der Waals surface area contributed by atoms with Gasteiger partial charge in [0.05, 0.1) is 16.4 Å². The van der Waals surface area contributed by atoms with Crippen LogP contribution in [0.25, 0.3) is 0 Å². The Morgan fingerprint density at radius 2 is 2.26 bits per heavy atom. The van der Waals surface area contributed by atoms with Gasteiger partial charge in [-0.05, 0) is 39.2 Å². The lowest BCUT2D eigenvalue weighted by atomic mass is 9.94. The van der Waals surface area contributed by atoms with Crippen LogP contribution in [0.2, 0.25) is 5.02 Å². The van der Waals surface area contributed by atoms with Crippen molar-refractivity contribution in [3.05, 3.63) is 16.4 Å². The van der Waals surface area contributed by atoms with Gasteiger partial charge in [0.1, 0.15) is 0 Å². The Hall–Kier alpha value is -0.580. The molecule has 3 rings (SSSR count). The highest BCUT2D eigenvalue weighted by Gasteiger charge is 2.34. The molecule has 0 radical (unpaired) electrons. The van der Waals surface area contributed by atoms with Crippen molar-refractivity contribution in [2.45, 2.75) is 45.8 Å². The van der Waals surface area contributed by atoms with Gasteiger partial charge in [-0.1, -0.05) is 11.6 Å². The van der Waals surface area contributed by atoms with Gasteiger partial charge in [-0.15, -0.1) is 0 Å². The van der Waals surface area contributed by atoms with E-state index in [2.05, 4.69) is 22.2 Å². The van der Waals surface area contributed by atoms with E-state index < -0.39 is 0 Å². The molecule has 0 amide bonds. The quantitative estimate of drug-likeness (QED) is 0.921. The number of likely N-dealkylation sites (tertiary alicyclic amines) is 1. The number of aromatic nitrogens is 2. The van der Waals surface area contributed by atoms with Gasteiger partial charge >= 0.3 is 0 Å². The summed E-state index contributed by atoms with van der Waals surface area (Å²) in [6.45, 7) is 9.46. The van der Waals surface area contributed by atoms with E-state index in [-0.39, 0.29) is 0 Å². The van der Waals surface area contributed by atoms with Crippen LogP contribution in [0.4, 0.5) is 0 Å². The zero-order chi connectivity index (χ0) is 13.4. The van der Waals surface area contributed by atoms with Crippen LogP contribution in [0.1, 0.15) is 31.2 Å². The maximum Gasteiger partial charge on any atom is 0.0860 e. The second-order valence-electron chi connectivity index (χ2n) is 5.82.